The summed E-state index contributed by atoms with van der Waals surface area (Å²) in [4.78, 5) is -1.40. The van der Waals surface area contributed by atoms with Gasteiger partial charge in [-0.1, -0.05) is 18.2 Å². The predicted molar refractivity (Wildman–Crippen MR) is 60.3 cm³/mol. The second-order valence-electron chi connectivity index (χ2n) is 3.06. The lowest BCUT2D eigenvalue weighted by Crippen LogP contribution is -2.18. The van der Waals surface area contributed by atoms with Crippen LogP contribution < -0.4 is 5.32 Å². The first-order valence-electron chi connectivity index (χ1n) is 4.52. The lowest BCUT2D eigenvalue weighted by Gasteiger charge is -2.11. The summed E-state index contributed by atoms with van der Waals surface area (Å²) in [7, 11) is 0. The molecule has 1 aromatic rings. The van der Waals surface area contributed by atoms with Crippen LogP contribution in [0.3, 0.4) is 0 Å². The summed E-state index contributed by atoms with van der Waals surface area (Å²) in [6.07, 6.45) is 0. The Kier molecular flexibility index (Phi) is 2.76. The third kappa shape index (κ3) is 1.97. The molecule has 16 heavy (non-hydrogen) atoms. The van der Waals surface area contributed by atoms with Gasteiger partial charge >= 0.3 is 4.87 Å². The molecule has 0 amide bonds. The highest BCUT2D eigenvalue weighted by Crippen LogP contribution is 2.37. The number of azo groups is 1. The number of rotatable bonds is 2. The van der Waals surface area contributed by atoms with Gasteiger partial charge < -0.3 is 5.32 Å². The second-order valence-corrected chi connectivity index (χ2v) is 4.34. The van der Waals surface area contributed by atoms with Gasteiger partial charge in [0, 0.05) is 5.69 Å². The molecular formula is C10H7N5S. The van der Waals surface area contributed by atoms with Crippen molar-refractivity contribution in [3.63, 3.8) is 0 Å². The van der Waals surface area contributed by atoms with E-state index in [0.717, 1.165) is 17.4 Å². The first-order valence-corrected chi connectivity index (χ1v) is 5.40. The summed E-state index contributed by atoms with van der Waals surface area (Å²) in [5.41, 5.74) is 0.493. The number of thioether (sulfide) groups is 1. The van der Waals surface area contributed by atoms with Crippen LogP contribution in [-0.2, 0) is 0 Å². The molecule has 1 heterocycles. The maximum absolute atomic E-state index is 8.83. The average molecular weight is 229 g/mol. The Morgan fingerprint density at radius 1 is 1.25 bits per heavy atom. The van der Waals surface area contributed by atoms with Gasteiger partial charge in [0.1, 0.15) is 12.1 Å². The topological polar surface area (TPSA) is 84.3 Å². The summed E-state index contributed by atoms with van der Waals surface area (Å²) >= 11 is 1.09. The Labute approximate surface area is 96.8 Å². The maximum Gasteiger partial charge on any atom is 0.300 e. The smallest absolute Gasteiger partial charge is 0.300 e. The molecule has 0 aliphatic carbocycles. The SMILES string of the molecule is N#CC1(C#N)N=NC(Nc2ccccc2)S1. The Balaban J connectivity index is 2.05. The van der Waals surface area contributed by atoms with Crippen molar-refractivity contribution in [3.05, 3.63) is 30.3 Å². The molecule has 0 spiro atoms. The van der Waals surface area contributed by atoms with Gasteiger partial charge in [-0.15, -0.1) is 5.11 Å². The van der Waals surface area contributed by atoms with Crippen LogP contribution >= 0.6 is 11.8 Å². The Morgan fingerprint density at radius 2 is 1.94 bits per heavy atom. The number of para-hydroxylation sites is 1. The predicted octanol–water partition coefficient (Wildman–Crippen LogP) is 2.32. The monoisotopic (exact) mass is 229 g/mol. The number of nitriles is 2. The van der Waals surface area contributed by atoms with E-state index in [4.69, 9.17) is 10.5 Å². The molecule has 2 rings (SSSR count). The van der Waals surface area contributed by atoms with Crippen molar-refractivity contribution in [1.29, 1.82) is 10.5 Å². The molecule has 0 saturated carbocycles. The zero-order chi connectivity index (χ0) is 11.4. The number of nitrogens with zero attached hydrogens (tertiary/aromatic N) is 4. The van der Waals surface area contributed by atoms with Crippen LogP contribution in [0.25, 0.3) is 0 Å². The molecule has 6 heteroatoms. The van der Waals surface area contributed by atoms with E-state index in [9.17, 15) is 0 Å². The molecule has 0 radical (unpaired) electrons. The third-order valence-electron chi connectivity index (χ3n) is 1.95. The first kappa shape index (κ1) is 10.5. The van der Waals surface area contributed by atoms with Crippen molar-refractivity contribution in [2.75, 3.05) is 5.32 Å². The minimum absolute atomic E-state index is 0.387. The first-order chi connectivity index (χ1) is 7.78. The van der Waals surface area contributed by atoms with E-state index in [0.29, 0.717) is 0 Å². The molecule has 1 aliphatic rings. The van der Waals surface area contributed by atoms with Crippen molar-refractivity contribution < 1.29 is 0 Å². The van der Waals surface area contributed by atoms with Crippen molar-refractivity contribution in [3.8, 4) is 12.1 Å². The van der Waals surface area contributed by atoms with Crippen LogP contribution in [0.2, 0.25) is 0 Å². The van der Waals surface area contributed by atoms with Gasteiger partial charge in [-0.05, 0) is 23.9 Å². The van der Waals surface area contributed by atoms with Crippen molar-refractivity contribution in [1.82, 2.24) is 0 Å². The van der Waals surface area contributed by atoms with E-state index in [2.05, 4.69) is 15.5 Å². The summed E-state index contributed by atoms with van der Waals surface area (Å²) in [5, 5.41) is 28.3. The minimum Gasteiger partial charge on any atom is -0.354 e. The van der Waals surface area contributed by atoms with Crippen molar-refractivity contribution >= 4 is 17.4 Å². The van der Waals surface area contributed by atoms with Crippen LogP contribution in [-0.4, -0.2) is 10.4 Å². The molecular weight excluding hydrogens is 222 g/mol. The number of nitrogens with one attached hydrogen (secondary N) is 1. The fourth-order valence-corrected chi connectivity index (χ4v) is 2.01. The fraction of sp³-hybridized carbons (Fsp3) is 0.200. The summed E-state index contributed by atoms with van der Waals surface area (Å²) in [5.74, 6) is 0. The number of hydrogen-bond acceptors (Lipinski definition) is 6. The molecule has 0 saturated heterocycles. The van der Waals surface area contributed by atoms with Crippen molar-refractivity contribution in [2.24, 2.45) is 10.2 Å². The van der Waals surface area contributed by atoms with E-state index in [-0.39, 0.29) is 5.50 Å². The van der Waals surface area contributed by atoms with Crippen LogP contribution in [0.4, 0.5) is 5.69 Å². The van der Waals surface area contributed by atoms with Gasteiger partial charge in [-0.2, -0.15) is 15.6 Å². The van der Waals surface area contributed by atoms with E-state index < -0.39 is 4.87 Å². The third-order valence-corrected chi connectivity index (χ3v) is 2.99. The zero-order valence-corrected chi connectivity index (χ0v) is 8.98. The highest BCUT2D eigenvalue weighted by atomic mass is 32.2. The maximum atomic E-state index is 8.83. The standard InChI is InChI=1S/C10H7N5S/c11-6-10(7-12)15-14-9(16-10)13-8-4-2-1-3-5-8/h1-5,9,13H. The highest BCUT2D eigenvalue weighted by molar-refractivity contribution is 8.02. The Bertz CT molecular complexity index is 470. The molecule has 1 aliphatic heterocycles. The van der Waals surface area contributed by atoms with E-state index in [1.807, 2.05) is 42.5 Å². The largest absolute Gasteiger partial charge is 0.354 e. The number of hydrogen-bond donors (Lipinski definition) is 1. The molecule has 1 aromatic carbocycles. The van der Waals surface area contributed by atoms with E-state index >= 15 is 0 Å². The minimum atomic E-state index is -1.40. The number of benzene rings is 1. The lowest BCUT2D eigenvalue weighted by atomic mass is 10.3. The Morgan fingerprint density at radius 3 is 2.50 bits per heavy atom. The van der Waals surface area contributed by atoms with Crippen LogP contribution in [0, 0.1) is 22.7 Å². The van der Waals surface area contributed by atoms with Gasteiger partial charge in [0.05, 0.1) is 0 Å². The molecule has 1 atom stereocenters. The lowest BCUT2D eigenvalue weighted by molar-refractivity contribution is 0.871. The summed E-state index contributed by atoms with van der Waals surface area (Å²) in [6, 6.07) is 13.1. The summed E-state index contributed by atoms with van der Waals surface area (Å²) in [6.45, 7) is 0. The van der Waals surface area contributed by atoms with Gasteiger partial charge in [-0.25, -0.2) is 0 Å². The quantitative estimate of drug-likeness (QED) is 0.843. The van der Waals surface area contributed by atoms with E-state index in [1.54, 1.807) is 0 Å². The van der Waals surface area contributed by atoms with E-state index in [1.165, 1.54) is 0 Å². The van der Waals surface area contributed by atoms with Crippen molar-refractivity contribution in [2.45, 2.75) is 10.4 Å². The highest BCUT2D eigenvalue weighted by Gasteiger charge is 2.39. The average Bonchev–Trinajstić information content (AvgIpc) is 2.75. The Hall–Kier alpha value is -2.05. The van der Waals surface area contributed by atoms with Crippen LogP contribution in [0.15, 0.2) is 40.6 Å². The van der Waals surface area contributed by atoms with Gasteiger partial charge in [-0.3, -0.25) is 0 Å². The van der Waals surface area contributed by atoms with Gasteiger partial charge in [0.15, 0.2) is 5.50 Å². The molecule has 0 fully saturated rings. The van der Waals surface area contributed by atoms with Crippen LogP contribution in [0.5, 0.6) is 0 Å². The molecule has 0 bridgehead atoms. The molecule has 0 aromatic heterocycles. The second kappa shape index (κ2) is 4.21. The molecule has 1 unspecified atom stereocenters. The molecule has 78 valence electrons. The van der Waals surface area contributed by atoms with Crippen LogP contribution in [0.1, 0.15) is 0 Å². The van der Waals surface area contributed by atoms with Gasteiger partial charge in [0.25, 0.3) is 0 Å². The molecule has 5 nitrogen and oxygen atoms in total. The normalized spacial score (nSPS) is 21.0. The van der Waals surface area contributed by atoms with Gasteiger partial charge in [0.2, 0.25) is 0 Å². The summed E-state index contributed by atoms with van der Waals surface area (Å²) < 4.78 is 0. The zero-order valence-electron chi connectivity index (χ0n) is 8.16. The number of anilines is 1. The molecule has 1 N–H and O–H groups in total. The fourth-order valence-electron chi connectivity index (χ4n) is 1.20.